The Morgan fingerprint density at radius 3 is 2.83 bits per heavy atom. The molecule has 2 aliphatic heterocycles. The van der Waals surface area contributed by atoms with Crippen molar-refractivity contribution in [3.05, 3.63) is 18.2 Å². The van der Waals surface area contributed by atoms with E-state index in [2.05, 4.69) is 5.32 Å². The third-order valence-corrected chi connectivity index (χ3v) is 8.33. The standard InChI is InChI=1S/C20H27N3O5S/c1-3-20(25)22(2)15-8-13-6-7-23(11-14(13)9-15)29(26,27)16-4-5-18-17(10-16)21-19(24)12-28-18/h4-5,10,13-15H,3,6-9,11-12H2,1-2H3,(H,21,24)/t13-,14-,15+/m1/s1. The number of carbonyl (C=O) groups is 2. The van der Waals surface area contributed by atoms with E-state index in [1.54, 1.807) is 10.4 Å². The number of hydrogen-bond acceptors (Lipinski definition) is 5. The van der Waals surface area contributed by atoms with E-state index < -0.39 is 10.0 Å². The van der Waals surface area contributed by atoms with Crippen molar-refractivity contribution in [3.8, 4) is 5.75 Å². The van der Waals surface area contributed by atoms with Gasteiger partial charge in [0.05, 0.1) is 10.6 Å². The summed E-state index contributed by atoms with van der Waals surface area (Å²) in [7, 11) is -1.81. The average Bonchev–Trinajstić information content (AvgIpc) is 3.15. The number of fused-ring (bicyclic) bond motifs is 2. The molecule has 3 atom stereocenters. The van der Waals surface area contributed by atoms with Crippen LogP contribution in [-0.4, -0.2) is 62.2 Å². The van der Waals surface area contributed by atoms with E-state index in [4.69, 9.17) is 4.74 Å². The molecule has 9 heteroatoms. The Bertz CT molecular complexity index is 932. The summed E-state index contributed by atoms with van der Waals surface area (Å²) in [6, 6.07) is 4.78. The van der Waals surface area contributed by atoms with Crippen LogP contribution in [0, 0.1) is 11.8 Å². The zero-order valence-electron chi connectivity index (χ0n) is 16.8. The third-order valence-electron chi connectivity index (χ3n) is 6.47. The molecule has 1 saturated carbocycles. The van der Waals surface area contributed by atoms with Crippen molar-refractivity contribution in [2.75, 3.05) is 32.1 Å². The van der Waals surface area contributed by atoms with Crippen LogP contribution in [-0.2, 0) is 19.6 Å². The van der Waals surface area contributed by atoms with Gasteiger partial charge in [0.1, 0.15) is 5.75 Å². The Kier molecular flexibility index (Phi) is 5.29. The molecule has 1 N–H and O–H groups in total. The van der Waals surface area contributed by atoms with Crippen LogP contribution in [0.4, 0.5) is 5.69 Å². The second-order valence-electron chi connectivity index (χ2n) is 8.15. The molecule has 2 heterocycles. The Morgan fingerprint density at radius 2 is 2.07 bits per heavy atom. The topological polar surface area (TPSA) is 96.0 Å². The number of sulfonamides is 1. The van der Waals surface area contributed by atoms with Crippen LogP contribution in [0.5, 0.6) is 5.75 Å². The Morgan fingerprint density at radius 1 is 1.31 bits per heavy atom. The van der Waals surface area contributed by atoms with Crippen molar-refractivity contribution in [3.63, 3.8) is 0 Å². The predicted octanol–water partition coefficient (Wildman–Crippen LogP) is 1.68. The highest BCUT2D eigenvalue weighted by molar-refractivity contribution is 7.89. The predicted molar refractivity (Wildman–Crippen MR) is 107 cm³/mol. The minimum atomic E-state index is -3.66. The van der Waals surface area contributed by atoms with Gasteiger partial charge in [-0.2, -0.15) is 4.31 Å². The number of ether oxygens (including phenoxy) is 1. The van der Waals surface area contributed by atoms with Gasteiger partial charge in [-0.1, -0.05) is 6.92 Å². The molecule has 2 amide bonds. The van der Waals surface area contributed by atoms with Crippen molar-refractivity contribution < 1.29 is 22.7 Å². The number of hydrogen-bond donors (Lipinski definition) is 1. The van der Waals surface area contributed by atoms with Crippen LogP contribution in [0.15, 0.2) is 23.1 Å². The zero-order valence-corrected chi connectivity index (χ0v) is 17.6. The smallest absolute Gasteiger partial charge is 0.262 e. The van der Waals surface area contributed by atoms with Gasteiger partial charge in [0.2, 0.25) is 15.9 Å². The minimum Gasteiger partial charge on any atom is -0.482 e. The second kappa shape index (κ2) is 7.60. The SMILES string of the molecule is CCC(=O)N(C)[C@H]1C[C@H]2CCN(S(=O)(=O)c3ccc4c(c3)NC(=O)CO4)C[C@H]2C1. The maximum Gasteiger partial charge on any atom is 0.262 e. The lowest BCUT2D eigenvalue weighted by atomic mass is 9.90. The first kappa shape index (κ1) is 20.2. The van der Waals surface area contributed by atoms with Gasteiger partial charge in [0, 0.05) is 32.6 Å². The number of rotatable bonds is 4. The van der Waals surface area contributed by atoms with Gasteiger partial charge in [-0.25, -0.2) is 8.42 Å². The molecule has 2 fully saturated rings. The molecular formula is C20H27N3O5S. The molecule has 0 spiro atoms. The summed E-state index contributed by atoms with van der Waals surface area (Å²) < 4.78 is 33.3. The van der Waals surface area contributed by atoms with Crippen molar-refractivity contribution >= 4 is 27.5 Å². The number of benzene rings is 1. The van der Waals surface area contributed by atoms with Gasteiger partial charge in [-0.3, -0.25) is 9.59 Å². The van der Waals surface area contributed by atoms with E-state index in [0.717, 1.165) is 19.3 Å². The molecule has 0 radical (unpaired) electrons. The van der Waals surface area contributed by atoms with Gasteiger partial charge >= 0.3 is 0 Å². The largest absolute Gasteiger partial charge is 0.482 e. The first-order chi connectivity index (χ1) is 13.8. The highest BCUT2D eigenvalue weighted by atomic mass is 32.2. The summed E-state index contributed by atoms with van der Waals surface area (Å²) in [6.45, 7) is 2.74. The average molecular weight is 422 g/mol. The van der Waals surface area contributed by atoms with E-state index in [1.165, 1.54) is 12.1 Å². The summed E-state index contributed by atoms with van der Waals surface area (Å²) in [5.41, 5.74) is 0.387. The van der Waals surface area contributed by atoms with Crippen molar-refractivity contribution in [2.45, 2.75) is 43.5 Å². The Hall–Kier alpha value is -2.13. The van der Waals surface area contributed by atoms with Crippen LogP contribution in [0.1, 0.15) is 32.6 Å². The molecule has 1 aliphatic carbocycles. The van der Waals surface area contributed by atoms with Crippen LogP contribution in [0.25, 0.3) is 0 Å². The summed E-state index contributed by atoms with van der Waals surface area (Å²) in [6.07, 6.45) is 3.08. The normalized spacial score (nSPS) is 26.8. The van der Waals surface area contributed by atoms with Crippen LogP contribution in [0.2, 0.25) is 0 Å². The number of anilines is 1. The monoisotopic (exact) mass is 421 g/mol. The van der Waals surface area contributed by atoms with Crippen molar-refractivity contribution in [1.29, 1.82) is 0 Å². The fraction of sp³-hybridized carbons (Fsp3) is 0.600. The van der Waals surface area contributed by atoms with Gasteiger partial charge in [0.15, 0.2) is 6.61 Å². The highest BCUT2D eigenvalue weighted by Crippen LogP contribution is 2.41. The molecule has 0 bridgehead atoms. The summed E-state index contributed by atoms with van der Waals surface area (Å²) in [4.78, 5) is 25.6. The number of nitrogens with one attached hydrogen (secondary N) is 1. The van der Waals surface area contributed by atoms with Gasteiger partial charge in [0.25, 0.3) is 5.91 Å². The molecule has 1 saturated heterocycles. The zero-order chi connectivity index (χ0) is 20.8. The summed E-state index contributed by atoms with van der Waals surface area (Å²) in [5.74, 6) is 1.03. The first-order valence-electron chi connectivity index (χ1n) is 10.1. The number of nitrogens with zero attached hydrogens (tertiary/aromatic N) is 2. The molecule has 3 aliphatic rings. The fourth-order valence-electron chi connectivity index (χ4n) is 4.78. The lowest BCUT2D eigenvalue weighted by Gasteiger charge is -2.34. The summed E-state index contributed by atoms with van der Waals surface area (Å²) >= 11 is 0. The van der Waals surface area contributed by atoms with E-state index in [0.29, 0.717) is 36.9 Å². The molecular weight excluding hydrogens is 394 g/mol. The fourth-order valence-corrected chi connectivity index (χ4v) is 6.32. The van der Waals surface area contributed by atoms with E-state index in [1.807, 2.05) is 18.9 Å². The van der Waals surface area contributed by atoms with E-state index >= 15 is 0 Å². The molecule has 158 valence electrons. The van der Waals surface area contributed by atoms with Crippen molar-refractivity contribution in [1.82, 2.24) is 9.21 Å². The van der Waals surface area contributed by atoms with E-state index in [-0.39, 0.29) is 35.3 Å². The molecule has 0 aromatic heterocycles. The van der Waals surface area contributed by atoms with Gasteiger partial charge in [-0.15, -0.1) is 0 Å². The lowest BCUT2D eigenvalue weighted by Crippen LogP contribution is -2.42. The Balaban J connectivity index is 1.49. The molecule has 1 aromatic carbocycles. The molecule has 4 rings (SSSR count). The number of piperidine rings is 1. The number of amides is 2. The van der Waals surface area contributed by atoms with Crippen molar-refractivity contribution in [2.24, 2.45) is 11.8 Å². The molecule has 0 unspecified atom stereocenters. The molecule has 1 aromatic rings. The maximum atomic E-state index is 13.2. The van der Waals surface area contributed by atoms with Crippen LogP contribution < -0.4 is 10.1 Å². The van der Waals surface area contributed by atoms with Gasteiger partial charge in [-0.05, 0) is 49.3 Å². The lowest BCUT2D eigenvalue weighted by molar-refractivity contribution is -0.131. The third kappa shape index (κ3) is 3.73. The molecule has 8 nitrogen and oxygen atoms in total. The minimum absolute atomic E-state index is 0.0650. The van der Waals surface area contributed by atoms with Crippen LogP contribution in [0.3, 0.4) is 0 Å². The second-order valence-corrected chi connectivity index (χ2v) is 10.1. The molecule has 29 heavy (non-hydrogen) atoms. The van der Waals surface area contributed by atoms with E-state index in [9.17, 15) is 18.0 Å². The number of carbonyl (C=O) groups excluding carboxylic acids is 2. The Labute approximate surface area is 171 Å². The van der Waals surface area contributed by atoms with Crippen LogP contribution >= 0.6 is 0 Å². The first-order valence-corrected chi connectivity index (χ1v) is 11.6. The quantitative estimate of drug-likeness (QED) is 0.798. The summed E-state index contributed by atoms with van der Waals surface area (Å²) in [5, 5.41) is 2.66. The highest BCUT2D eigenvalue weighted by Gasteiger charge is 2.43. The maximum absolute atomic E-state index is 13.2. The van der Waals surface area contributed by atoms with Gasteiger partial charge < -0.3 is 15.0 Å².